The van der Waals surface area contributed by atoms with Crippen molar-refractivity contribution in [2.45, 2.75) is 19.5 Å². The third-order valence-electron chi connectivity index (χ3n) is 4.36. The maximum atomic E-state index is 9.45. The number of aliphatic hydroxyl groups excluding tert-OH is 1. The lowest BCUT2D eigenvalue weighted by Gasteiger charge is -2.20. The van der Waals surface area contributed by atoms with Gasteiger partial charge in [-0.1, -0.05) is 30.3 Å². The monoisotopic (exact) mass is 293 g/mol. The summed E-state index contributed by atoms with van der Waals surface area (Å²) < 4.78 is 2.13. The molecule has 2 N–H and O–H groups in total. The minimum absolute atomic E-state index is 0.115. The largest absolute Gasteiger partial charge is 0.395 e. The molecule has 0 aliphatic carbocycles. The zero-order valence-electron chi connectivity index (χ0n) is 12.4. The van der Waals surface area contributed by atoms with E-state index < -0.39 is 0 Å². The topological polar surface area (TPSA) is 50.1 Å². The fraction of sp³-hybridized carbons (Fsp3) is 0.278. The van der Waals surface area contributed by atoms with Crippen LogP contribution in [-0.2, 0) is 19.5 Å². The first-order valence-electron chi connectivity index (χ1n) is 7.76. The van der Waals surface area contributed by atoms with E-state index in [1.807, 2.05) is 18.2 Å². The molecule has 0 fully saturated rings. The summed E-state index contributed by atoms with van der Waals surface area (Å²) in [6.07, 6.45) is 1.02. The molecule has 0 bridgehead atoms. The second kappa shape index (κ2) is 5.55. The molecule has 0 radical (unpaired) electrons. The molecular weight excluding hydrogens is 274 g/mol. The van der Waals surface area contributed by atoms with E-state index >= 15 is 0 Å². The SMILES string of the molecule is OCCn1c(-c2cccc3c2CCNC3)nc2ccccc21. The van der Waals surface area contributed by atoms with Crippen molar-refractivity contribution in [1.29, 1.82) is 0 Å². The average Bonchev–Trinajstić information content (AvgIpc) is 2.93. The highest BCUT2D eigenvalue weighted by atomic mass is 16.3. The summed E-state index contributed by atoms with van der Waals surface area (Å²) in [6, 6.07) is 14.6. The maximum Gasteiger partial charge on any atom is 0.141 e. The van der Waals surface area contributed by atoms with Crippen LogP contribution in [0.1, 0.15) is 11.1 Å². The lowest BCUT2D eigenvalue weighted by atomic mass is 9.95. The van der Waals surface area contributed by atoms with Crippen molar-refractivity contribution in [2.75, 3.05) is 13.2 Å². The Hall–Kier alpha value is -2.17. The Balaban J connectivity index is 1.96. The summed E-state index contributed by atoms with van der Waals surface area (Å²) in [7, 11) is 0. The van der Waals surface area contributed by atoms with Crippen molar-refractivity contribution < 1.29 is 5.11 Å². The Morgan fingerprint density at radius 2 is 2.05 bits per heavy atom. The van der Waals surface area contributed by atoms with Gasteiger partial charge in [0.1, 0.15) is 5.82 Å². The first kappa shape index (κ1) is 13.5. The van der Waals surface area contributed by atoms with Crippen molar-refractivity contribution in [3.05, 3.63) is 53.6 Å². The molecule has 0 saturated carbocycles. The molecule has 3 aromatic rings. The van der Waals surface area contributed by atoms with Gasteiger partial charge in [0.25, 0.3) is 0 Å². The molecular formula is C18H19N3O. The molecule has 4 rings (SSSR count). The number of hydrogen-bond donors (Lipinski definition) is 2. The van der Waals surface area contributed by atoms with Gasteiger partial charge >= 0.3 is 0 Å². The molecule has 0 unspecified atom stereocenters. The van der Waals surface area contributed by atoms with Crippen molar-refractivity contribution in [3.63, 3.8) is 0 Å². The van der Waals surface area contributed by atoms with E-state index in [-0.39, 0.29) is 6.61 Å². The van der Waals surface area contributed by atoms with Crippen molar-refractivity contribution in [3.8, 4) is 11.4 Å². The first-order valence-corrected chi connectivity index (χ1v) is 7.76. The van der Waals surface area contributed by atoms with Crippen LogP contribution in [0.3, 0.4) is 0 Å². The average molecular weight is 293 g/mol. The number of para-hydroxylation sites is 2. The van der Waals surface area contributed by atoms with Gasteiger partial charge in [-0.25, -0.2) is 4.98 Å². The first-order chi connectivity index (χ1) is 10.9. The van der Waals surface area contributed by atoms with Crippen LogP contribution in [0.5, 0.6) is 0 Å². The van der Waals surface area contributed by atoms with Crippen molar-refractivity contribution in [2.24, 2.45) is 0 Å². The molecule has 1 aliphatic rings. The van der Waals surface area contributed by atoms with Gasteiger partial charge in [0.2, 0.25) is 0 Å². The number of nitrogens with one attached hydrogen (secondary N) is 1. The van der Waals surface area contributed by atoms with E-state index in [1.54, 1.807) is 0 Å². The summed E-state index contributed by atoms with van der Waals surface area (Å²) in [4.78, 5) is 4.84. The van der Waals surface area contributed by atoms with Crippen LogP contribution in [0.15, 0.2) is 42.5 Å². The number of rotatable bonds is 3. The summed E-state index contributed by atoms with van der Waals surface area (Å²) in [6.45, 7) is 2.61. The minimum Gasteiger partial charge on any atom is -0.395 e. The van der Waals surface area contributed by atoms with E-state index in [0.717, 1.165) is 36.4 Å². The van der Waals surface area contributed by atoms with Gasteiger partial charge < -0.3 is 15.0 Å². The molecule has 1 aromatic heterocycles. The summed E-state index contributed by atoms with van der Waals surface area (Å²) in [5.74, 6) is 0.967. The molecule has 0 amide bonds. The highest BCUT2D eigenvalue weighted by Gasteiger charge is 2.18. The van der Waals surface area contributed by atoms with Gasteiger partial charge in [0.05, 0.1) is 17.6 Å². The van der Waals surface area contributed by atoms with E-state index in [0.29, 0.717) is 6.54 Å². The molecule has 4 heteroatoms. The molecule has 2 aromatic carbocycles. The molecule has 112 valence electrons. The van der Waals surface area contributed by atoms with Gasteiger partial charge in [-0.15, -0.1) is 0 Å². The summed E-state index contributed by atoms with van der Waals surface area (Å²) in [5, 5.41) is 12.9. The van der Waals surface area contributed by atoms with Crippen LogP contribution in [0.25, 0.3) is 22.4 Å². The van der Waals surface area contributed by atoms with Crippen molar-refractivity contribution in [1.82, 2.24) is 14.9 Å². The highest BCUT2D eigenvalue weighted by Crippen LogP contribution is 2.30. The summed E-state index contributed by atoms with van der Waals surface area (Å²) in [5.41, 5.74) is 6.00. The predicted molar refractivity (Wildman–Crippen MR) is 87.7 cm³/mol. The molecule has 0 saturated heterocycles. The van der Waals surface area contributed by atoms with Crippen LogP contribution in [0.4, 0.5) is 0 Å². The second-order valence-electron chi connectivity index (χ2n) is 5.67. The van der Waals surface area contributed by atoms with Gasteiger partial charge in [-0.3, -0.25) is 0 Å². The Kier molecular flexibility index (Phi) is 3.41. The maximum absolute atomic E-state index is 9.45. The Morgan fingerprint density at radius 1 is 1.14 bits per heavy atom. The Morgan fingerprint density at radius 3 is 2.95 bits per heavy atom. The highest BCUT2D eigenvalue weighted by molar-refractivity contribution is 5.81. The normalized spacial score (nSPS) is 14.2. The number of fused-ring (bicyclic) bond motifs is 2. The Labute approximate surface area is 129 Å². The quantitative estimate of drug-likeness (QED) is 0.779. The second-order valence-corrected chi connectivity index (χ2v) is 5.67. The van der Waals surface area contributed by atoms with Crippen LogP contribution in [0, 0.1) is 0 Å². The van der Waals surface area contributed by atoms with Crippen LogP contribution in [-0.4, -0.2) is 27.8 Å². The zero-order chi connectivity index (χ0) is 14.9. The lowest BCUT2D eigenvalue weighted by molar-refractivity contribution is 0.278. The third-order valence-corrected chi connectivity index (χ3v) is 4.36. The van der Waals surface area contributed by atoms with Crippen LogP contribution in [0.2, 0.25) is 0 Å². The van der Waals surface area contributed by atoms with Crippen LogP contribution >= 0.6 is 0 Å². The smallest absolute Gasteiger partial charge is 0.141 e. The minimum atomic E-state index is 0.115. The van der Waals surface area contributed by atoms with E-state index in [4.69, 9.17) is 4.98 Å². The summed E-state index contributed by atoms with van der Waals surface area (Å²) >= 11 is 0. The van der Waals surface area contributed by atoms with Gasteiger partial charge in [-0.05, 0) is 36.2 Å². The van der Waals surface area contributed by atoms with Gasteiger partial charge in [-0.2, -0.15) is 0 Å². The molecule has 2 heterocycles. The fourth-order valence-electron chi connectivity index (χ4n) is 3.35. The third kappa shape index (κ3) is 2.12. The molecule has 0 spiro atoms. The number of aliphatic hydroxyl groups is 1. The molecule has 4 nitrogen and oxygen atoms in total. The predicted octanol–water partition coefficient (Wildman–Crippen LogP) is 2.34. The van der Waals surface area contributed by atoms with Gasteiger partial charge in [0, 0.05) is 18.7 Å². The van der Waals surface area contributed by atoms with Crippen LogP contribution < -0.4 is 5.32 Å². The fourth-order valence-corrected chi connectivity index (χ4v) is 3.35. The van der Waals surface area contributed by atoms with Gasteiger partial charge in [0.15, 0.2) is 0 Å². The molecule has 0 atom stereocenters. The number of aromatic nitrogens is 2. The number of hydrogen-bond acceptors (Lipinski definition) is 3. The van der Waals surface area contributed by atoms with E-state index in [9.17, 15) is 5.11 Å². The molecule has 1 aliphatic heterocycles. The van der Waals surface area contributed by atoms with Crippen molar-refractivity contribution >= 4 is 11.0 Å². The number of benzene rings is 2. The standard InChI is InChI=1S/C18H19N3O/c22-11-10-21-17-7-2-1-6-16(17)20-18(21)15-5-3-4-13-12-19-9-8-14(13)15/h1-7,19,22H,8-12H2. The Bertz CT molecular complexity index is 822. The zero-order valence-corrected chi connectivity index (χ0v) is 12.4. The number of nitrogens with zero attached hydrogens (tertiary/aromatic N) is 2. The van der Waals surface area contributed by atoms with E-state index in [2.05, 4.69) is 34.1 Å². The van der Waals surface area contributed by atoms with E-state index in [1.165, 1.54) is 16.7 Å². The lowest BCUT2D eigenvalue weighted by Crippen LogP contribution is -2.24. The number of imidazole rings is 1. The molecule has 22 heavy (non-hydrogen) atoms.